The van der Waals surface area contributed by atoms with Gasteiger partial charge < -0.3 is 14.4 Å². The number of fused-ring (bicyclic) bond motifs is 1. The topological polar surface area (TPSA) is 70.7 Å². The van der Waals surface area contributed by atoms with E-state index in [9.17, 15) is 4.79 Å². The third-order valence-electron chi connectivity index (χ3n) is 4.84. The summed E-state index contributed by atoms with van der Waals surface area (Å²) in [4.78, 5) is 21.6. The average Bonchev–Trinajstić information content (AvgIpc) is 3.07. The number of carboxylic acid groups (broad SMARTS) is 1. The van der Waals surface area contributed by atoms with Crippen LogP contribution in [0.3, 0.4) is 0 Å². The molecule has 7 heteroatoms. The molecule has 152 valence electrons. The molecule has 0 spiro atoms. The molecule has 0 aliphatic heterocycles. The van der Waals surface area contributed by atoms with E-state index in [4.69, 9.17) is 16.7 Å². The Balaban J connectivity index is 1.67. The number of aliphatic carboxylic acids is 1. The third kappa shape index (κ3) is 4.28. The molecule has 0 unspecified atom stereocenters. The van der Waals surface area contributed by atoms with E-state index in [-0.39, 0.29) is 6.54 Å². The summed E-state index contributed by atoms with van der Waals surface area (Å²) in [6, 6.07) is 13.7. The molecule has 3 heterocycles. The van der Waals surface area contributed by atoms with Gasteiger partial charge in [-0.15, -0.1) is 0 Å². The number of benzene rings is 1. The van der Waals surface area contributed by atoms with Crippen LogP contribution in [0.2, 0.25) is 5.02 Å². The van der Waals surface area contributed by atoms with Gasteiger partial charge in [0.25, 0.3) is 0 Å². The Morgan fingerprint density at radius 3 is 2.70 bits per heavy atom. The van der Waals surface area contributed by atoms with Crippen molar-refractivity contribution in [3.8, 4) is 11.1 Å². The molecule has 0 aliphatic rings. The van der Waals surface area contributed by atoms with Crippen molar-refractivity contribution in [2.45, 2.75) is 13.3 Å². The number of anilines is 1. The number of halogens is 1. The number of nitrogens with zero attached hydrogens (tertiary/aromatic N) is 4. The molecule has 0 saturated carbocycles. The van der Waals surface area contributed by atoms with Crippen molar-refractivity contribution in [2.75, 3.05) is 18.5 Å². The lowest BCUT2D eigenvalue weighted by Crippen LogP contribution is -2.25. The van der Waals surface area contributed by atoms with Crippen LogP contribution in [-0.4, -0.2) is 39.0 Å². The Morgan fingerprint density at radius 2 is 2.00 bits per heavy atom. The standard InChI is InChI=1S/C23H21ClN4O2/c1-15-12-28-13-17(8-16-6-7-21(25-11-16)27(2)14-22(29)30)9-20(23(28)26-15)18-4-3-5-19(24)10-18/h3-7,9-13H,8,14H2,1-2H3,(H,29,30). The van der Waals surface area contributed by atoms with Crippen molar-refractivity contribution < 1.29 is 9.90 Å². The van der Waals surface area contributed by atoms with Crippen LogP contribution in [0, 0.1) is 6.92 Å². The highest BCUT2D eigenvalue weighted by Gasteiger charge is 2.11. The molecule has 0 radical (unpaired) electrons. The SMILES string of the molecule is Cc1cn2cc(Cc3ccc(N(C)CC(=O)O)nc3)cc(-c3cccc(Cl)c3)c2n1. The first-order chi connectivity index (χ1) is 14.4. The van der Waals surface area contributed by atoms with E-state index in [1.54, 1.807) is 18.1 Å². The lowest BCUT2D eigenvalue weighted by molar-refractivity contribution is -0.135. The van der Waals surface area contributed by atoms with Gasteiger partial charge in [0.15, 0.2) is 0 Å². The number of hydrogen-bond acceptors (Lipinski definition) is 4. The minimum Gasteiger partial charge on any atom is -0.480 e. The zero-order valence-corrected chi connectivity index (χ0v) is 17.5. The Labute approximate surface area is 179 Å². The minimum absolute atomic E-state index is 0.0913. The second-order valence-electron chi connectivity index (χ2n) is 7.34. The van der Waals surface area contributed by atoms with Crippen LogP contribution < -0.4 is 4.90 Å². The number of likely N-dealkylation sites (N-methyl/N-ethyl adjacent to an activating group) is 1. The third-order valence-corrected chi connectivity index (χ3v) is 5.08. The van der Waals surface area contributed by atoms with Crippen LogP contribution in [-0.2, 0) is 11.2 Å². The fourth-order valence-corrected chi connectivity index (χ4v) is 3.70. The summed E-state index contributed by atoms with van der Waals surface area (Å²) in [5.74, 6) is -0.262. The van der Waals surface area contributed by atoms with Gasteiger partial charge in [-0.1, -0.05) is 29.8 Å². The predicted molar refractivity (Wildman–Crippen MR) is 118 cm³/mol. The summed E-state index contributed by atoms with van der Waals surface area (Å²) >= 11 is 6.22. The van der Waals surface area contributed by atoms with E-state index >= 15 is 0 Å². The summed E-state index contributed by atoms with van der Waals surface area (Å²) < 4.78 is 2.04. The first kappa shape index (κ1) is 19.9. The van der Waals surface area contributed by atoms with Crippen molar-refractivity contribution in [1.82, 2.24) is 14.4 Å². The fourth-order valence-electron chi connectivity index (χ4n) is 3.51. The highest BCUT2D eigenvalue weighted by molar-refractivity contribution is 6.30. The van der Waals surface area contributed by atoms with E-state index in [1.165, 1.54) is 0 Å². The van der Waals surface area contributed by atoms with Gasteiger partial charge in [0.2, 0.25) is 0 Å². The molecular weight excluding hydrogens is 400 g/mol. The van der Waals surface area contributed by atoms with Crippen LogP contribution in [0.4, 0.5) is 5.82 Å². The molecule has 1 N–H and O–H groups in total. The molecule has 1 aromatic carbocycles. The first-order valence-corrected chi connectivity index (χ1v) is 9.89. The lowest BCUT2D eigenvalue weighted by atomic mass is 10.0. The van der Waals surface area contributed by atoms with Gasteiger partial charge in [0, 0.05) is 42.6 Å². The van der Waals surface area contributed by atoms with E-state index in [2.05, 4.69) is 22.2 Å². The number of imidazole rings is 1. The molecule has 30 heavy (non-hydrogen) atoms. The number of aryl methyl sites for hydroxylation is 1. The van der Waals surface area contributed by atoms with Crippen LogP contribution in [0.5, 0.6) is 0 Å². The van der Waals surface area contributed by atoms with Crippen LogP contribution in [0.1, 0.15) is 16.8 Å². The number of carboxylic acids is 1. The van der Waals surface area contributed by atoms with Crippen LogP contribution >= 0.6 is 11.6 Å². The monoisotopic (exact) mass is 420 g/mol. The van der Waals surface area contributed by atoms with E-state index in [0.29, 0.717) is 17.3 Å². The Hall–Kier alpha value is -3.38. The van der Waals surface area contributed by atoms with Gasteiger partial charge in [0.1, 0.15) is 18.0 Å². The van der Waals surface area contributed by atoms with Gasteiger partial charge in [-0.25, -0.2) is 9.97 Å². The molecule has 0 saturated heterocycles. The summed E-state index contributed by atoms with van der Waals surface area (Å²) in [7, 11) is 1.71. The molecule has 4 rings (SSSR count). The molecule has 0 bridgehead atoms. The smallest absolute Gasteiger partial charge is 0.323 e. The summed E-state index contributed by atoms with van der Waals surface area (Å²) in [6.07, 6.45) is 6.57. The van der Waals surface area contributed by atoms with Crippen molar-refractivity contribution in [3.63, 3.8) is 0 Å². The summed E-state index contributed by atoms with van der Waals surface area (Å²) in [5.41, 5.74) is 6.03. The molecule has 0 atom stereocenters. The highest BCUT2D eigenvalue weighted by atomic mass is 35.5. The second-order valence-corrected chi connectivity index (χ2v) is 7.77. The molecule has 0 aliphatic carbocycles. The zero-order chi connectivity index (χ0) is 21.3. The zero-order valence-electron chi connectivity index (χ0n) is 16.7. The van der Waals surface area contributed by atoms with Gasteiger partial charge in [-0.05, 0) is 47.9 Å². The molecule has 6 nitrogen and oxygen atoms in total. The maximum atomic E-state index is 10.9. The molecule has 4 aromatic rings. The van der Waals surface area contributed by atoms with Crippen molar-refractivity contribution in [2.24, 2.45) is 0 Å². The maximum absolute atomic E-state index is 10.9. The Kier molecular flexibility index (Phi) is 5.42. The highest BCUT2D eigenvalue weighted by Crippen LogP contribution is 2.28. The lowest BCUT2D eigenvalue weighted by Gasteiger charge is -2.15. The van der Waals surface area contributed by atoms with Crippen molar-refractivity contribution in [3.05, 3.63) is 82.9 Å². The fraction of sp³-hybridized carbons (Fsp3) is 0.174. The van der Waals surface area contributed by atoms with Crippen LogP contribution in [0.15, 0.2) is 61.1 Å². The van der Waals surface area contributed by atoms with Gasteiger partial charge in [-0.3, -0.25) is 4.79 Å². The molecule has 0 fully saturated rings. The largest absolute Gasteiger partial charge is 0.480 e. The number of aromatic nitrogens is 3. The Morgan fingerprint density at radius 1 is 1.17 bits per heavy atom. The number of carbonyl (C=O) groups is 1. The van der Waals surface area contributed by atoms with E-state index in [0.717, 1.165) is 33.6 Å². The van der Waals surface area contributed by atoms with E-state index in [1.807, 2.05) is 53.9 Å². The molecule has 0 amide bonds. The quantitative estimate of drug-likeness (QED) is 0.498. The number of rotatable bonds is 6. The maximum Gasteiger partial charge on any atom is 0.323 e. The van der Waals surface area contributed by atoms with Gasteiger partial charge in [0.05, 0.1) is 5.69 Å². The van der Waals surface area contributed by atoms with Crippen molar-refractivity contribution >= 4 is 29.0 Å². The number of hydrogen-bond donors (Lipinski definition) is 1. The molecule has 3 aromatic heterocycles. The normalized spacial score (nSPS) is 11.0. The van der Waals surface area contributed by atoms with Gasteiger partial charge >= 0.3 is 5.97 Å². The summed E-state index contributed by atoms with van der Waals surface area (Å²) in [6.45, 7) is 1.89. The van der Waals surface area contributed by atoms with Crippen LogP contribution in [0.25, 0.3) is 16.8 Å². The van der Waals surface area contributed by atoms with Gasteiger partial charge in [-0.2, -0.15) is 0 Å². The van der Waals surface area contributed by atoms with E-state index < -0.39 is 5.97 Å². The molecular formula is C23H21ClN4O2. The summed E-state index contributed by atoms with van der Waals surface area (Å²) in [5, 5.41) is 9.62. The Bertz CT molecular complexity index is 1220. The number of pyridine rings is 2. The first-order valence-electron chi connectivity index (χ1n) is 9.51. The minimum atomic E-state index is -0.888. The van der Waals surface area contributed by atoms with Crippen molar-refractivity contribution in [1.29, 1.82) is 0 Å². The second kappa shape index (κ2) is 8.16. The average molecular weight is 421 g/mol. The predicted octanol–water partition coefficient (Wildman–Crippen LogP) is 4.47.